The molecular weight excluding hydrogens is 238 g/mol. The number of benzene rings is 1. The van der Waals surface area contributed by atoms with E-state index in [1.54, 1.807) is 19.4 Å². The Morgan fingerprint density at radius 1 is 1.32 bits per heavy atom. The second kappa shape index (κ2) is 5.49. The van der Waals surface area contributed by atoms with Gasteiger partial charge in [0.2, 0.25) is 0 Å². The van der Waals surface area contributed by atoms with E-state index in [0.29, 0.717) is 5.69 Å². The number of hydrogen-bond donors (Lipinski definition) is 0. The minimum atomic E-state index is -0.446. The van der Waals surface area contributed by atoms with Gasteiger partial charge in [-0.2, -0.15) is 5.26 Å². The van der Waals surface area contributed by atoms with Crippen molar-refractivity contribution in [1.29, 1.82) is 5.26 Å². The lowest BCUT2D eigenvalue weighted by atomic mass is 9.91. The Hall–Kier alpha value is -2.41. The molecule has 0 bridgehead atoms. The van der Waals surface area contributed by atoms with Gasteiger partial charge in [-0.1, -0.05) is 6.07 Å². The van der Waals surface area contributed by atoms with Crippen LogP contribution in [0.15, 0.2) is 30.7 Å². The highest BCUT2D eigenvalue weighted by molar-refractivity contribution is 5.50. The molecule has 1 aromatic heterocycles. The van der Waals surface area contributed by atoms with E-state index in [1.807, 2.05) is 26.0 Å². The molecule has 0 amide bonds. The molecule has 0 aliphatic carbocycles. The summed E-state index contributed by atoms with van der Waals surface area (Å²) in [4.78, 5) is 8.06. The first-order valence-electron chi connectivity index (χ1n) is 5.98. The summed E-state index contributed by atoms with van der Waals surface area (Å²) in [5.74, 6) is 0.279. The van der Waals surface area contributed by atoms with Crippen molar-refractivity contribution in [1.82, 2.24) is 9.97 Å². The van der Waals surface area contributed by atoms with Gasteiger partial charge >= 0.3 is 0 Å². The average Bonchev–Trinajstić information content (AvgIpc) is 2.42. The number of rotatable bonds is 3. The number of nitrogens with zero attached hydrogens (tertiary/aromatic N) is 3. The Morgan fingerprint density at radius 2 is 2.11 bits per heavy atom. The molecule has 2 rings (SSSR count). The minimum absolute atomic E-state index is 0.446. The van der Waals surface area contributed by atoms with Crippen molar-refractivity contribution in [2.24, 2.45) is 0 Å². The smallest absolute Gasteiger partial charge is 0.124 e. The van der Waals surface area contributed by atoms with Crippen LogP contribution >= 0.6 is 0 Å². The molecule has 0 radical (unpaired) electrons. The lowest BCUT2D eigenvalue weighted by molar-refractivity contribution is 0.408. The monoisotopic (exact) mass is 253 g/mol. The number of aryl methyl sites for hydroxylation is 2. The maximum Gasteiger partial charge on any atom is 0.124 e. The number of ether oxygens (including phenoxy) is 1. The third-order valence-electron chi connectivity index (χ3n) is 3.03. The van der Waals surface area contributed by atoms with Gasteiger partial charge in [0.1, 0.15) is 18.0 Å². The zero-order valence-corrected chi connectivity index (χ0v) is 11.2. The molecule has 0 saturated carbocycles. The van der Waals surface area contributed by atoms with Gasteiger partial charge in [-0.05, 0) is 37.1 Å². The van der Waals surface area contributed by atoms with Gasteiger partial charge in [-0.15, -0.1) is 0 Å². The molecule has 0 N–H and O–H groups in total. The molecule has 1 atom stereocenters. The van der Waals surface area contributed by atoms with Crippen LogP contribution in [-0.2, 0) is 0 Å². The number of hydrogen-bond acceptors (Lipinski definition) is 4. The highest BCUT2D eigenvalue weighted by Crippen LogP contribution is 2.34. The van der Waals surface area contributed by atoms with Crippen LogP contribution in [-0.4, -0.2) is 17.1 Å². The van der Waals surface area contributed by atoms with Crippen LogP contribution in [0.2, 0.25) is 0 Å². The van der Waals surface area contributed by atoms with Crippen LogP contribution in [0.1, 0.15) is 28.3 Å². The minimum Gasteiger partial charge on any atom is -0.496 e. The Morgan fingerprint density at radius 3 is 2.68 bits per heavy atom. The Labute approximate surface area is 112 Å². The molecule has 0 aliphatic rings. The standard InChI is InChI=1S/C15H15N3O/c1-10-6-11(2)15(14(7-10)19-3)12(8-16)13-4-5-17-9-18-13/h4-7,9,12H,1-3H3. The lowest BCUT2D eigenvalue weighted by Crippen LogP contribution is -2.06. The first-order chi connectivity index (χ1) is 9.17. The van der Waals surface area contributed by atoms with Gasteiger partial charge in [0, 0.05) is 11.8 Å². The summed E-state index contributed by atoms with van der Waals surface area (Å²) in [6.07, 6.45) is 3.10. The summed E-state index contributed by atoms with van der Waals surface area (Å²) >= 11 is 0. The molecule has 1 heterocycles. The van der Waals surface area contributed by atoms with Crippen molar-refractivity contribution in [3.05, 3.63) is 53.1 Å². The summed E-state index contributed by atoms with van der Waals surface area (Å²) < 4.78 is 5.42. The van der Waals surface area contributed by atoms with Crippen molar-refractivity contribution in [3.63, 3.8) is 0 Å². The Bertz CT molecular complexity index is 617. The third-order valence-corrected chi connectivity index (χ3v) is 3.03. The molecular formula is C15H15N3O. The van der Waals surface area contributed by atoms with E-state index < -0.39 is 5.92 Å². The predicted molar refractivity (Wildman–Crippen MR) is 72.0 cm³/mol. The van der Waals surface area contributed by atoms with Crippen LogP contribution in [0, 0.1) is 25.2 Å². The molecule has 0 fully saturated rings. The van der Waals surface area contributed by atoms with Crippen LogP contribution < -0.4 is 4.74 Å². The van der Waals surface area contributed by atoms with Crippen molar-refractivity contribution >= 4 is 0 Å². The summed E-state index contributed by atoms with van der Waals surface area (Å²) in [6.45, 7) is 3.99. The molecule has 19 heavy (non-hydrogen) atoms. The zero-order chi connectivity index (χ0) is 13.8. The van der Waals surface area contributed by atoms with E-state index in [0.717, 1.165) is 22.4 Å². The quantitative estimate of drug-likeness (QED) is 0.844. The molecule has 0 saturated heterocycles. The van der Waals surface area contributed by atoms with E-state index in [4.69, 9.17) is 4.74 Å². The van der Waals surface area contributed by atoms with Gasteiger partial charge in [-0.25, -0.2) is 9.97 Å². The first kappa shape index (κ1) is 13.0. The van der Waals surface area contributed by atoms with Gasteiger partial charge in [-0.3, -0.25) is 0 Å². The maximum absolute atomic E-state index is 9.48. The second-order valence-electron chi connectivity index (χ2n) is 4.39. The fourth-order valence-corrected chi connectivity index (χ4v) is 2.23. The molecule has 4 nitrogen and oxygen atoms in total. The highest BCUT2D eigenvalue weighted by atomic mass is 16.5. The topological polar surface area (TPSA) is 58.8 Å². The summed E-state index contributed by atoms with van der Waals surface area (Å²) in [6, 6.07) is 8.04. The predicted octanol–water partition coefficient (Wildman–Crippen LogP) is 2.76. The lowest BCUT2D eigenvalue weighted by Gasteiger charge is -2.16. The number of methoxy groups -OCH3 is 1. The summed E-state index contributed by atoms with van der Waals surface area (Å²) in [7, 11) is 1.62. The van der Waals surface area contributed by atoms with Crippen LogP contribution in [0.3, 0.4) is 0 Å². The van der Waals surface area contributed by atoms with Gasteiger partial charge in [0.25, 0.3) is 0 Å². The van der Waals surface area contributed by atoms with Crippen LogP contribution in [0.4, 0.5) is 0 Å². The molecule has 96 valence electrons. The summed E-state index contributed by atoms with van der Waals surface area (Å²) in [5, 5.41) is 9.48. The van der Waals surface area contributed by atoms with Crippen molar-refractivity contribution in [2.75, 3.05) is 7.11 Å². The zero-order valence-electron chi connectivity index (χ0n) is 11.2. The molecule has 4 heteroatoms. The van der Waals surface area contributed by atoms with E-state index in [1.165, 1.54) is 6.33 Å². The largest absolute Gasteiger partial charge is 0.496 e. The fraction of sp³-hybridized carbons (Fsp3) is 0.267. The van der Waals surface area contributed by atoms with Crippen LogP contribution in [0.25, 0.3) is 0 Å². The van der Waals surface area contributed by atoms with E-state index in [-0.39, 0.29) is 0 Å². The van der Waals surface area contributed by atoms with Crippen LogP contribution in [0.5, 0.6) is 5.75 Å². The molecule has 0 spiro atoms. The number of nitriles is 1. The Kier molecular flexibility index (Phi) is 3.76. The van der Waals surface area contributed by atoms with E-state index >= 15 is 0 Å². The SMILES string of the molecule is COc1cc(C)cc(C)c1C(C#N)c1ccncn1. The normalized spacial score (nSPS) is 11.7. The van der Waals surface area contributed by atoms with Gasteiger partial charge < -0.3 is 4.74 Å². The van der Waals surface area contributed by atoms with Gasteiger partial charge in [0.15, 0.2) is 0 Å². The first-order valence-corrected chi connectivity index (χ1v) is 5.98. The third kappa shape index (κ3) is 2.55. The highest BCUT2D eigenvalue weighted by Gasteiger charge is 2.21. The molecule has 1 aromatic carbocycles. The second-order valence-corrected chi connectivity index (χ2v) is 4.39. The van der Waals surface area contributed by atoms with E-state index in [9.17, 15) is 5.26 Å². The van der Waals surface area contributed by atoms with Gasteiger partial charge in [0.05, 0.1) is 18.9 Å². The van der Waals surface area contributed by atoms with Crippen molar-refractivity contribution < 1.29 is 4.74 Å². The van der Waals surface area contributed by atoms with Crippen molar-refractivity contribution in [2.45, 2.75) is 19.8 Å². The maximum atomic E-state index is 9.48. The molecule has 2 aromatic rings. The molecule has 1 unspecified atom stereocenters. The number of aromatic nitrogens is 2. The fourth-order valence-electron chi connectivity index (χ4n) is 2.23. The van der Waals surface area contributed by atoms with Crippen molar-refractivity contribution in [3.8, 4) is 11.8 Å². The van der Waals surface area contributed by atoms with E-state index in [2.05, 4.69) is 16.0 Å². The summed E-state index contributed by atoms with van der Waals surface area (Å²) in [5.41, 5.74) is 3.69. The Balaban J connectivity index is 2.60. The molecule has 0 aliphatic heterocycles. The average molecular weight is 253 g/mol.